The van der Waals surface area contributed by atoms with E-state index in [9.17, 15) is 0 Å². The number of nitrogens with zero attached hydrogens (tertiary/aromatic N) is 1. The van der Waals surface area contributed by atoms with Gasteiger partial charge in [-0.3, -0.25) is 0 Å². The van der Waals surface area contributed by atoms with Crippen LogP contribution in [0.5, 0.6) is 0 Å². The molecule has 1 aliphatic rings. The topological polar surface area (TPSA) is 4.93 Å². The molecule has 0 saturated heterocycles. The minimum absolute atomic E-state index is 0. The first-order chi connectivity index (χ1) is 14.4. The molecule has 5 aromatic rings. The summed E-state index contributed by atoms with van der Waals surface area (Å²) >= 11 is 4.64. The van der Waals surface area contributed by atoms with Gasteiger partial charge in [0, 0.05) is 17.5 Å². The smallest absolute Gasteiger partial charge is 0.332 e. The van der Waals surface area contributed by atoms with Crippen molar-refractivity contribution in [2.45, 2.75) is 25.7 Å². The third-order valence-electron chi connectivity index (χ3n) is 5.60. The van der Waals surface area contributed by atoms with Crippen LogP contribution >= 0.6 is 11.6 Å². The predicted octanol–water partition coefficient (Wildman–Crippen LogP) is 7.64. The van der Waals surface area contributed by atoms with Gasteiger partial charge in [0.15, 0.2) is 0 Å². The number of rotatable bonds is 1. The van der Waals surface area contributed by atoms with Gasteiger partial charge in [0.05, 0.1) is 5.52 Å². The zero-order valence-corrected chi connectivity index (χ0v) is 20.5. The number of para-hydroxylation sites is 1. The molecule has 1 aliphatic carbocycles. The van der Waals surface area contributed by atoms with E-state index in [1.807, 2.05) is 30.3 Å². The number of aryl methyl sites for hydroxylation is 1. The largest absolute Gasteiger partial charge is 2.00 e. The number of hydrogen-bond acceptors (Lipinski definition) is 0. The third-order valence-corrected chi connectivity index (χ3v) is 5.60. The molecule has 6 rings (SSSR count). The van der Waals surface area contributed by atoms with Gasteiger partial charge in [0.25, 0.3) is 0 Å². The molecule has 1 aromatic heterocycles. The van der Waals surface area contributed by atoms with Crippen molar-refractivity contribution in [1.29, 1.82) is 0 Å². The van der Waals surface area contributed by atoms with Crippen molar-refractivity contribution in [3.05, 3.63) is 102 Å². The summed E-state index contributed by atoms with van der Waals surface area (Å²) < 4.78 is 2.50. The summed E-state index contributed by atoms with van der Waals surface area (Å²) in [6.45, 7) is 0. The van der Waals surface area contributed by atoms with Crippen LogP contribution in [0.15, 0.2) is 91.0 Å². The molecule has 0 unspecified atom stereocenters. The molecule has 0 saturated carbocycles. The zero-order valence-electron chi connectivity index (χ0n) is 17.3. The first-order valence-electron chi connectivity index (χ1n) is 10.2. The number of alkyl halides is 1. The van der Waals surface area contributed by atoms with Gasteiger partial charge in [0.1, 0.15) is 0 Å². The third kappa shape index (κ3) is 4.56. The summed E-state index contributed by atoms with van der Waals surface area (Å²) in [5.41, 5.74) is 5.79. The minimum Gasteiger partial charge on any atom is -0.332 e. The fourth-order valence-corrected chi connectivity index (χ4v) is 4.37. The van der Waals surface area contributed by atoms with Crippen molar-refractivity contribution in [1.82, 2.24) is 4.57 Å². The fraction of sp³-hybridized carbons (Fsp3) is 0.185. The SMILES string of the molecule is CCl.[Zr+2].c1cc[cH-]c1.c1ccc2[cH-]c(-n3c4c(c5ccccc53)CCCC4)cc2c1. The minimum atomic E-state index is 0. The Morgan fingerprint density at radius 2 is 1.53 bits per heavy atom. The van der Waals surface area contributed by atoms with Crippen LogP contribution in [0.4, 0.5) is 0 Å². The van der Waals surface area contributed by atoms with Crippen molar-refractivity contribution in [3.63, 3.8) is 0 Å². The summed E-state index contributed by atoms with van der Waals surface area (Å²) in [6, 6.07) is 32.2. The van der Waals surface area contributed by atoms with E-state index in [2.05, 4.69) is 76.8 Å². The maximum absolute atomic E-state index is 4.64. The summed E-state index contributed by atoms with van der Waals surface area (Å²) in [6.07, 6.45) is 6.53. The molecular formula is C27H26ClNZr. The maximum Gasteiger partial charge on any atom is 2.00 e. The number of fused-ring (bicyclic) bond motifs is 4. The Hall–Kier alpha value is -1.89. The molecule has 0 radical (unpaired) electrons. The van der Waals surface area contributed by atoms with Gasteiger partial charge in [-0.2, -0.15) is 18.2 Å². The Kier molecular flexibility index (Phi) is 8.31. The Morgan fingerprint density at radius 3 is 2.27 bits per heavy atom. The molecule has 3 heteroatoms. The molecule has 0 aliphatic heterocycles. The molecule has 0 amide bonds. The second-order valence-corrected chi connectivity index (χ2v) is 7.29. The second-order valence-electron chi connectivity index (χ2n) is 7.29. The van der Waals surface area contributed by atoms with E-state index in [0.717, 1.165) is 0 Å². The zero-order chi connectivity index (χ0) is 20.1. The normalized spacial score (nSPS) is 12.2. The Morgan fingerprint density at radius 1 is 0.833 bits per heavy atom. The van der Waals surface area contributed by atoms with Gasteiger partial charge in [-0.05, 0) is 43.0 Å². The molecule has 1 heterocycles. The number of benzene rings is 2. The van der Waals surface area contributed by atoms with Crippen LogP contribution < -0.4 is 0 Å². The standard InChI is InChI=1S/C21H18N.C5H5.CH3Cl.Zr/c1-2-8-16-14-17(13-15(16)7-1)22-20-11-5-3-9-18(20)19-10-4-6-12-21(19)22;1-2-4-5-3-1;1-2;/h1-3,5,7-9,11,13-14H,4,6,10,12H2;1-5H;1H3;/q2*-1;;+2. The molecule has 0 atom stereocenters. The number of hydrogen-bond donors (Lipinski definition) is 0. The van der Waals surface area contributed by atoms with Gasteiger partial charge >= 0.3 is 26.2 Å². The van der Waals surface area contributed by atoms with E-state index in [4.69, 9.17) is 0 Å². The molecule has 0 bridgehead atoms. The molecule has 150 valence electrons. The van der Waals surface area contributed by atoms with Gasteiger partial charge < -0.3 is 4.57 Å². The van der Waals surface area contributed by atoms with Crippen LogP contribution in [0.3, 0.4) is 0 Å². The van der Waals surface area contributed by atoms with Gasteiger partial charge in [-0.15, -0.1) is 52.7 Å². The molecule has 1 nitrogen and oxygen atoms in total. The molecule has 0 N–H and O–H groups in total. The quantitative estimate of drug-likeness (QED) is 0.168. The summed E-state index contributed by atoms with van der Waals surface area (Å²) in [5, 5.41) is 4.11. The van der Waals surface area contributed by atoms with Crippen LogP contribution in [0, 0.1) is 0 Å². The first kappa shape index (κ1) is 22.8. The van der Waals surface area contributed by atoms with Crippen LogP contribution in [0.1, 0.15) is 24.1 Å². The van der Waals surface area contributed by atoms with Crippen molar-refractivity contribution < 1.29 is 26.2 Å². The molecule has 0 spiro atoms. The molecule has 4 aromatic carbocycles. The van der Waals surface area contributed by atoms with E-state index in [1.165, 1.54) is 65.1 Å². The van der Waals surface area contributed by atoms with E-state index >= 15 is 0 Å². The number of aromatic nitrogens is 1. The Balaban J connectivity index is 0.000000279. The van der Waals surface area contributed by atoms with E-state index in [1.54, 1.807) is 5.56 Å². The molecule has 0 fully saturated rings. The Bertz CT molecular complexity index is 1130. The van der Waals surface area contributed by atoms with Crippen LogP contribution in [0.25, 0.3) is 27.4 Å². The summed E-state index contributed by atoms with van der Waals surface area (Å²) in [4.78, 5) is 0. The fourth-order valence-electron chi connectivity index (χ4n) is 4.37. The number of halogens is 1. The van der Waals surface area contributed by atoms with E-state index in [-0.39, 0.29) is 26.2 Å². The second kappa shape index (κ2) is 10.9. The van der Waals surface area contributed by atoms with Gasteiger partial charge in [-0.1, -0.05) is 24.3 Å². The van der Waals surface area contributed by atoms with Crippen molar-refractivity contribution in [2.75, 3.05) is 6.38 Å². The predicted molar refractivity (Wildman–Crippen MR) is 127 cm³/mol. The van der Waals surface area contributed by atoms with Gasteiger partial charge in [-0.25, -0.2) is 12.1 Å². The molecular weight excluding hydrogens is 465 g/mol. The van der Waals surface area contributed by atoms with Gasteiger partial charge in [0.2, 0.25) is 0 Å². The van der Waals surface area contributed by atoms with E-state index < -0.39 is 0 Å². The van der Waals surface area contributed by atoms with Crippen molar-refractivity contribution in [3.8, 4) is 5.69 Å². The maximum atomic E-state index is 4.64. The average Bonchev–Trinajstić information content (AvgIpc) is 3.54. The first-order valence-corrected chi connectivity index (χ1v) is 11.0. The summed E-state index contributed by atoms with van der Waals surface area (Å²) in [7, 11) is 0. The van der Waals surface area contributed by atoms with Crippen LogP contribution in [-0.2, 0) is 39.0 Å². The monoisotopic (exact) mass is 489 g/mol. The average molecular weight is 491 g/mol. The van der Waals surface area contributed by atoms with Crippen molar-refractivity contribution in [2.24, 2.45) is 0 Å². The molecule has 30 heavy (non-hydrogen) atoms. The summed E-state index contributed by atoms with van der Waals surface area (Å²) in [5.74, 6) is 0. The van der Waals surface area contributed by atoms with E-state index in [0.29, 0.717) is 0 Å². The van der Waals surface area contributed by atoms with Crippen LogP contribution in [0.2, 0.25) is 0 Å². The van der Waals surface area contributed by atoms with Crippen molar-refractivity contribution >= 4 is 33.3 Å². The van der Waals surface area contributed by atoms with Crippen LogP contribution in [-0.4, -0.2) is 11.0 Å². The Labute approximate surface area is 203 Å².